The highest BCUT2D eigenvalue weighted by molar-refractivity contribution is 7.94. The Morgan fingerprint density at radius 1 is 0.867 bits per heavy atom. The van der Waals surface area contributed by atoms with E-state index in [1.54, 1.807) is 30.3 Å². The molecule has 78 valence electrons. The quantitative estimate of drug-likeness (QED) is 0.699. The average molecular weight is 240 g/mol. The lowest BCUT2D eigenvalue weighted by molar-refractivity contribution is 0.462. The van der Waals surface area contributed by atoms with Crippen LogP contribution in [0.1, 0.15) is 0 Å². The van der Waals surface area contributed by atoms with Crippen molar-refractivity contribution in [3.05, 3.63) is 30.3 Å². The molecule has 0 unspecified atom stereocenters. The monoisotopic (exact) mass is 240 g/mol. The Hall–Kier alpha value is -0.880. The Labute approximate surface area is 95.2 Å². The van der Waals surface area contributed by atoms with Gasteiger partial charge >= 0.3 is 0 Å². The third-order valence-electron chi connectivity index (χ3n) is 2.09. The molecule has 0 aliphatic heterocycles. The van der Waals surface area contributed by atoms with Crippen molar-refractivity contribution in [2.45, 2.75) is 9.79 Å². The fourth-order valence-electron chi connectivity index (χ4n) is 1.37. The lowest BCUT2D eigenvalue weighted by Crippen LogP contribution is -1.78. The van der Waals surface area contributed by atoms with E-state index in [1.807, 2.05) is 0 Å². The number of hydrogen-bond donors (Lipinski definition) is 3. The normalized spacial score (nSPS) is 10.8. The molecule has 0 saturated heterocycles. The van der Waals surface area contributed by atoms with E-state index in [0.29, 0.717) is 29.0 Å². The summed E-state index contributed by atoms with van der Waals surface area (Å²) in [5, 5.41) is 11.2. The molecule has 3 nitrogen and oxygen atoms in total. The van der Waals surface area contributed by atoms with Crippen LogP contribution in [0.4, 0.5) is 0 Å². The van der Waals surface area contributed by atoms with Gasteiger partial charge in [-0.3, -0.25) is 0 Å². The Kier molecular flexibility index (Phi) is 3.06. The van der Waals surface area contributed by atoms with Crippen molar-refractivity contribution < 1.29 is 14.2 Å². The number of rotatable bonds is 2. The summed E-state index contributed by atoms with van der Waals surface area (Å²) < 4.78 is 17.8. The van der Waals surface area contributed by atoms with Gasteiger partial charge < -0.3 is 14.2 Å². The van der Waals surface area contributed by atoms with Crippen molar-refractivity contribution in [1.29, 1.82) is 0 Å². The number of phenolic OH excluding ortho intramolecular Hbond substituents is 1. The Morgan fingerprint density at radius 2 is 1.67 bits per heavy atom. The first-order valence-electron chi connectivity index (χ1n) is 4.14. The predicted molar refractivity (Wildman–Crippen MR) is 62.6 cm³/mol. The van der Waals surface area contributed by atoms with Crippen LogP contribution in [0.15, 0.2) is 40.1 Å². The topological polar surface area (TPSA) is 60.7 Å². The zero-order valence-electron chi connectivity index (χ0n) is 7.54. The van der Waals surface area contributed by atoms with E-state index in [1.165, 1.54) is 0 Å². The molecular weight excluding hydrogens is 232 g/mol. The molecule has 3 N–H and O–H groups in total. The highest BCUT2D eigenvalue weighted by atomic mass is 32.2. The Balaban J connectivity index is 2.66. The first-order chi connectivity index (χ1) is 7.24. The van der Waals surface area contributed by atoms with Crippen molar-refractivity contribution in [3.8, 4) is 5.75 Å². The number of hydrogen-bond acceptors (Lipinski definition) is 5. The van der Waals surface area contributed by atoms with Crippen LogP contribution < -0.4 is 0 Å². The first kappa shape index (κ1) is 10.6. The maximum Gasteiger partial charge on any atom is 0.132 e. The number of aromatic hydroxyl groups is 1. The van der Waals surface area contributed by atoms with Gasteiger partial charge in [0.15, 0.2) is 0 Å². The molecule has 0 heterocycles. The summed E-state index contributed by atoms with van der Waals surface area (Å²) in [6.07, 6.45) is 0. The summed E-state index contributed by atoms with van der Waals surface area (Å²) in [7, 11) is 0. The molecule has 0 aromatic heterocycles. The van der Waals surface area contributed by atoms with E-state index >= 15 is 0 Å². The van der Waals surface area contributed by atoms with Crippen LogP contribution in [-0.2, 0) is 0 Å². The largest absolute Gasteiger partial charge is 0.507 e. The van der Waals surface area contributed by atoms with Crippen molar-refractivity contribution in [1.82, 2.24) is 0 Å². The average Bonchev–Trinajstić information content (AvgIpc) is 2.27. The van der Waals surface area contributed by atoms with Crippen molar-refractivity contribution in [2.75, 3.05) is 0 Å². The fourth-order valence-corrected chi connectivity index (χ4v) is 2.01. The molecule has 0 bridgehead atoms. The fraction of sp³-hybridized carbons (Fsp3) is 0. The summed E-state index contributed by atoms with van der Waals surface area (Å²) in [6, 6.07) is 8.62. The molecule has 0 atom stereocenters. The van der Waals surface area contributed by atoms with Gasteiger partial charge in [0.1, 0.15) is 5.75 Å². The number of benzene rings is 2. The molecule has 2 aromatic carbocycles. The standard InChI is InChI=1S/C10H8O3S2/c11-9-4-6-1-2-8(14-12)3-7(6)5-10(9)15-13/h1-5,11-13H. The van der Waals surface area contributed by atoms with Gasteiger partial charge in [-0.1, -0.05) is 6.07 Å². The van der Waals surface area contributed by atoms with Crippen molar-refractivity contribution in [2.24, 2.45) is 0 Å². The zero-order chi connectivity index (χ0) is 10.8. The van der Waals surface area contributed by atoms with Gasteiger partial charge in [-0.2, -0.15) is 0 Å². The van der Waals surface area contributed by atoms with Gasteiger partial charge in [0.2, 0.25) is 0 Å². The minimum absolute atomic E-state index is 0.0550. The molecule has 0 saturated carbocycles. The van der Waals surface area contributed by atoms with Crippen molar-refractivity contribution in [3.63, 3.8) is 0 Å². The van der Waals surface area contributed by atoms with E-state index < -0.39 is 0 Å². The molecule has 0 aliphatic rings. The van der Waals surface area contributed by atoms with Gasteiger partial charge in [-0.25, -0.2) is 0 Å². The predicted octanol–water partition coefficient (Wildman–Crippen LogP) is 3.68. The lowest BCUT2D eigenvalue weighted by Gasteiger charge is -2.04. The molecule has 0 aliphatic carbocycles. The highest BCUT2D eigenvalue weighted by Crippen LogP contribution is 2.32. The molecule has 15 heavy (non-hydrogen) atoms. The number of phenols is 1. The van der Waals surface area contributed by atoms with Crippen LogP contribution in [-0.4, -0.2) is 14.2 Å². The second kappa shape index (κ2) is 4.32. The third-order valence-corrected chi connectivity index (χ3v) is 3.08. The molecule has 2 aromatic rings. The second-order valence-electron chi connectivity index (χ2n) is 3.01. The van der Waals surface area contributed by atoms with Gasteiger partial charge in [0.25, 0.3) is 0 Å². The van der Waals surface area contributed by atoms with Crippen molar-refractivity contribution >= 4 is 34.9 Å². The van der Waals surface area contributed by atoms with Gasteiger partial charge in [0.05, 0.1) is 4.90 Å². The highest BCUT2D eigenvalue weighted by Gasteiger charge is 2.04. The third kappa shape index (κ3) is 2.05. The first-order valence-corrected chi connectivity index (χ1v) is 5.69. The summed E-state index contributed by atoms with van der Waals surface area (Å²) >= 11 is 1.17. The van der Waals surface area contributed by atoms with Crippen LogP contribution in [0.3, 0.4) is 0 Å². The molecule has 0 radical (unpaired) electrons. The molecule has 5 heteroatoms. The summed E-state index contributed by atoms with van der Waals surface area (Å²) in [4.78, 5) is 1.13. The minimum atomic E-state index is 0.0550. The van der Waals surface area contributed by atoms with Gasteiger partial charge in [-0.05, 0) is 35.0 Å². The van der Waals surface area contributed by atoms with Crippen LogP contribution in [0.2, 0.25) is 0 Å². The van der Waals surface area contributed by atoms with Crippen LogP contribution in [0, 0.1) is 0 Å². The molecule has 0 spiro atoms. The van der Waals surface area contributed by atoms with Gasteiger partial charge in [-0.15, -0.1) is 0 Å². The molecule has 0 fully saturated rings. The van der Waals surface area contributed by atoms with E-state index in [0.717, 1.165) is 15.7 Å². The maximum atomic E-state index is 9.50. The molecule has 2 rings (SSSR count). The molecular formula is C10H8O3S2. The summed E-state index contributed by atoms with van der Waals surface area (Å²) in [5.74, 6) is 0.0550. The number of fused-ring (bicyclic) bond motifs is 1. The Bertz CT molecular complexity index is 499. The van der Waals surface area contributed by atoms with Crippen LogP contribution in [0.25, 0.3) is 10.8 Å². The van der Waals surface area contributed by atoms with Crippen LogP contribution in [0.5, 0.6) is 5.75 Å². The van der Waals surface area contributed by atoms with Gasteiger partial charge in [0, 0.05) is 29.0 Å². The lowest BCUT2D eigenvalue weighted by atomic mass is 10.1. The summed E-state index contributed by atoms with van der Waals surface area (Å²) in [5.41, 5.74) is 0. The maximum absolute atomic E-state index is 9.50. The van der Waals surface area contributed by atoms with Crippen LogP contribution >= 0.6 is 24.1 Å². The molecule has 0 amide bonds. The minimum Gasteiger partial charge on any atom is -0.507 e. The Morgan fingerprint density at radius 3 is 2.33 bits per heavy atom. The summed E-state index contributed by atoms with van der Waals surface area (Å²) in [6.45, 7) is 0. The second-order valence-corrected chi connectivity index (χ2v) is 4.29. The van der Waals surface area contributed by atoms with E-state index in [2.05, 4.69) is 0 Å². The van der Waals surface area contributed by atoms with E-state index in [9.17, 15) is 5.11 Å². The zero-order valence-corrected chi connectivity index (χ0v) is 9.18. The smallest absolute Gasteiger partial charge is 0.132 e. The SMILES string of the molecule is OSc1ccc2cc(O)c(SO)cc2c1. The van der Waals surface area contributed by atoms with E-state index in [-0.39, 0.29) is 5.75 Å². The van der Waals surface area contributed by atoms with E-state index in [4.69, 9.17) is 9.11 Å².